The summed E-state index contributed by atoms with van der Waals surface area (Å²) in [7, 11) is 0. The van der Waals surface area contributed by atoms with E-state index in [-0.39, 0.29) is 6.04 Å². The Labute approximate surface area is 126 Å². The van der Waals surface area contributed by atoms with Gasteiger partial charge in [0.2, 0.25) is 0 Å². The van der Waals surface area contributed by atoms with Gasteiger partial charge in [-0.1, -0.05) is 61.4 Å². The molecular formula is C16H23Cl2N. The van der Waals surface area contributed by atoms with Gasteiger partial charge in [0, 0.05) is 16.1 Å². The topological polar surface area (TPSA) is 26.0 Å². The summed E-state index contributed by atoms with van der Waals surface area (Å²) in [5, 5.41) is 1.47. The van der Waals surface area contributed by atoms with Crippen molar-refractivity contribution in [3.05, 3.63) is 33.8 Å². The minimum absolute atomic E-state index is 0.166. The number of nitrogens with two attached hydrogens (primary N) is 1. The van der Waals surface area contributed by atoms with Crippen LogP contribution in [0.25, 0.3) is 0 Å². The fourth-order valence-electron chi connectivity index (χ4n) is 3.02. The Balaban J connectivity index is 1.82. The Morgan fingerprint density at radius 3 is 2.37 bits per heavy atom. The maximum atomic E-state index is 6.24. The molecule has 1 aliphatic carbocycles. The lowest BCUT2D eigenvalue weighted by atomic mass is 9.85. The first-order chi connectivity index (χ1) is 9.16. The quantitative estimate of drug-likeness (QED) is 0.792. The molecule has 1 unspecified atom stereocenters. The minimum Gasteiger partial charge on any atom is -0.327 e. The summed E-state index contributed by atoms with van der Waals surface area (Å²) in [6.07, 6.45) is 10.1. The third-order valence-corrected chi connectivity index (χ3v) is 4.91. The molecule has 0 heterocycles. The van der Waals surface area contributed by atoms with E-state index >= 15 is 0 Å². The van der Waals surface area contributed by atoms with Crippen molar-refractivity contribution in [1.29, 1.82) is 0 Å². The molecule has 106 valence electrons. The van der Waals surface area contributed by atoms with Crippen LogP contribution in [-0.4, -0.2) is 6.04 Å². The van der Waals surface area contributed by atoms with Gasteiger partial charge >= 0.3 is 0 Å². The van der Waals surface area contributed by atoms with Crippen LogP contribution in [-0.2, 0) is 6.42 Å². The highest BCUT2D eigenvalue weighted by molar-refractivity contribution is 6.35. The number of benzene rings is 1. The lowest BCUT2D eigenvalue weighted by Crippen LogP contribution is -2.24. The fraction of sp³-hybridized carbons (Fsp3) is 0.625. The molecule has 0 saturated heterocycles. The van der Waals surface area contributed by atoms with Gasteiger partial charge in [0.1, 0.15) is 0 Å². The summed E-state index contributed by atoms with van der Waals surface area (Å²) >= 11 is 12.4. The highest BCUT2D eigenvalue weighted by Gasteiger charge is 2.16. The van der Waals surface area contributed by atoms with Crippen LogP contribution in [0.5, 0.6) is 0 Å². The van der Waals surface area contributed by atoms with Crippen LogP contribution >= 0.6 is 23.2 Å². The van der Waals surface area contributed by atoms with E-state index in [9.17, 15) is 0 Å². The molecule has 19 heavy (non-hydrogen) atoms. The standard InChI is InChI=1S/C16H23Cl2N/c17-15-7-4-8-16(18)14(15)11-13(19)10-9-12-5-2-1-3-6-12/h4,7-8,12-13H,1-3,5-6,9-11,19H2. The van der Waals surface area contributed by atoms with E-state index in [0.717, 1.165) is 34.4 Å². The zero-order valence-corrected chi connectivity index (χ0v) is 12.9. The van der Waals surface area contributed by atoms with Crippen molar-refractivity contribution in [2.24, 2.45) is 11.7 Å². The zero-order valence-electron chi connectivity index (χ0n) is 11.4. The van der Waals surface area contributed by atoms with Gasteiger partial charge < -0.3 is 5.73 Å². The first-order valence-corrected chi connectivity index (χ1v) is 8.11. The van der Waals surface area contributed by atoms with Gasteiger partial charge in [0.25, 0.3) is 0 Å². The third kappa shape index (κ3) is 4.66. The van der Waals surface area contributed by atoms with E-state index in [2.05, 4.69) is 0 Å². The number of hydrogen-bond donors (Lipinski definition) is 1. The molecule has 1 nitrogen and oxygen atoms in total. The Bertz CT molecular complexity index is 379. The Kier molecular flexibility index (Phi) is 6.00. The molecule has 1 saturated carbocycles. The maximum Gasteiger partial charge on any atom is 0.0453 e. The van der Waals surface area contributed by atoms with Crippen LogP contribution < -0.4 is 5.73 Å². The zero-order chi connectivity index (χ0) is 13.7. The minimum atomic E-state index is 0.166. The van der Waals surface area contributed by atoms with Gasteiger partial charge in [0.15, 0.2) is 0 Å². The molecule has 1 aromatic carbocycles. The second kappa shape index (κ2) is 7.52. The van der Waals surface area contributed by atoms with E-state index in [4.69, 9.17) is 28.9 Å². The molecule has 0 radical (unpaired) electrons. The van der Waals surface area contributed by atoms with Crippen LogP contribution in [0.3, 0.4) is 0 Å². The highest BCUT2D eigenvalue weighted by Crippen LogP contribution is 2.29. The predicted molar refractivity (Wildman–Crippen MR) is 84.0 cm³/mol. The van der Waals surface area contributed by atoms with Crippen molar-refractivity contribution >= 4 is 23.2 Å². The van der Waals surface area contributed by atoms with Crippen molar-refractivity contribution in [1.82, 2.24) is 0 Å². The van der Waals surface area contributed by atoms with E-state index < -0.39 is 0 Å². The first kappa shape index (κ1) is 15.2. The molecule has 0 amide bonds. The van der Waals surface area contributed by atoms with Crippen LogP contribution in [0, 0.1) is 5.92 Å². The van der Waals surface area contributed by atoms with Gasteiger partial charge in [-0.05, 0) is 42.9 Å². The second-order valence-electron chi connectivity index (χ2n) is 5.75. The second-order valence-corrected chi connectivity index (χ2v) is 6.56. The molecule has 0 bridgehead atoms. The average Bonchev–Trinajstić information content (AvgIpc) is 2.42. The smallest absolute Gasteiger partial charge is 0.0453 e. The monoisotopic (exact) mass is 299 g/mol. The normalized spacial score (nSPS) is 18.5. The summed E-state index contributed by atoms with van der Waals surface area (Å²) in [5.74, 6) is 0.890. The summed E-state index contributed by atoms with van der Waals surface area (Å²) in [4.78, 5) is 0. The Morgan fingerprint density at radius 1 is 1.11 bits per heavy atom. The Morgan fingerprint density at radius 2 is 1.74 bits per heavy atom. The van der Waals surface area contributed by atoms with Crippen molar-refractivity contribution in [2.75, 3.05) is 0 Å². The van der Waals surface area contributed by atoms with Gasteiger partial charge in [0.05, 0.1) is 0 Å². The molecule has 0 aromatic heterocycles. The van der Waals surface area contributed by atoms with Gasteiger partial charge in [-0.2, -0.15) is 0 Å². The molecule has 1 fully saturated rings. The summed E-state index contributed by atoms with van der Waals surface area (Å²) < 4.78 is 0. The average molecular weight is 300 g/mol. The SMILES string of the molecule is NC(CCC1CCCCC1)Cc1c(Cl)cccc1Cl. The Hall–Kier alpha value is -0.240. The van der Waals surface area contributed by atoms with E-state index in [1.165, 1.54) is 38.5 Å². The van der Waals surface area contributed by atoms with Crippen molar-refractivity contribution in [3.63, 3.8) is 0 Å². The predicted octanol–water partition coefficient (Wildman–Crippen LogP) is 5.22. The lowest BCUT2D eigenvalue weighted by Gasteiger charge is -2.23. The number of halogens is 2. The number of hydrogen-bond acceptors (Lipinski definition) is 1. The molecule has 3 heteroatoms. The highest BCUT2D eigenvalue weighted by atomic mass is 35.5. The van der Waals surface area contributed by atoms with Gasteiger partial charge in [-0.25, -0.2) is 0 Å². The molecule has 2 rings (SSSR count). The largest absolute Gasteiger partial charge is 0.327 e. The number of rotatable bonds is 5. The van der Waals surface area contributed by atoms with Crippen molar-refractivity contribution < 1.29 is 0 Å². The molecule has 0 spiro atoms. The van der Waals surface area contributed by atoms with Crippen molar-refractivity contribution in [2.45, 2.75) is 57.4 Å². The maximum absolute atomic E-state index is 6.24. The van der Waals surface area contributed by atoms with Crippen LogP contribution in [0.4, 0.5) is 0 Å². The third-order valence-electron chi connectivity index (χ3n) is 4.20. The van der Waals surface area contributed by atoms with E-state index in [1.807, 2.05) is 18.2 Å². The molecule has 0 aliphatic heterocycles. The fourth-order valence-corrected chi connectivity index (χ4v) is 3.57. The molecule has 2 N–H and O–H groups in total. The van der Waals surface area contributed by atoms with Crippen LogP contribution in [0.1, 0.15) is 50.5 Å². The lowest BCUT2D eigenvalue weighted by molar-refractivity contribution is 0.323. The summed E-state index contributed by atoms with van der Waals surface area (Å²) in [6, 6.07) is 5.81. The van der Waals surface area contributed by atoms with Gasteiger partial charge in [-0.3, -0.25) is 0 Å². The molecule has 1 atom stereocenters. The summed E-state index contributed by atoms with van der Waals surface area (Å²) in [6.45, 7) is 0. The van der Waals surface area contributed by atoms with Crippen molar-refractivity contribution in [3.8, 4) is 0 Å². The van der Waals surface area contributed by atoms with Crippen LogP contribution in [0.15, 0.2) is 18.2 Å². The first-order valence-electron chi connectivity index (χ1n) is 7.35. The van der Waals surface area contributed by atoms with Crippen LogP contribution in [0.2, 0.25) is 10.0 Å². The van der Waals surface area contributed by atoms with E-state index in [1.54, 1.807) is 0 Å². The van der Waals surface area contributed by atoms with Gasteiger partial charge in [-0.15, -0.1) is 0 Å². The summed E-state index contributed by atoms with van der Waals surface area (Å²) in [5.41, 5.74) is 7.25. The molecular weight excluding hydrogens is 277 g/mol. The molecule has 1 aromatic rings. The van der Waals surface area contributed by atoms with E-state index in [0.29, 0.717) is 0 Å². The molecule has 1 aliphatic rings.